The van der Waals surface area contributed by atoms with Crippen LogP contribution in [0.1, 0.15) is 0 Å². The van der Waals surface area contributed by atoms with Crippen LogP contribution in [-0.2, 0) is 0 Å². The number of fused-ring (bicyclic) bond motifs is 6. The van der Waals surface area contributed by atoms with Crippen molar-refractivity contribution in [1.29, 1.82) is 0 Å². The minimum Gasteiger partial charge on any atom is -0.309 e. The summed E-state index contributed by atoms with van der Waals surface area (Å²) in [5, 5.41) is 4.78. The van der Waals surface area contributed by atoms with Crippen LogP contribution in [0.3, 0.4) is 0 Å². The maximum absolute atomic E-state index is 5.36. The van der Waals surface area contributed by atoms with Crippen LogP contribution in [0.4, 0.5) is 0 Å². The van der Waals surface area contributed by atoms with E-state index in [1.54, 1.807) is 0 Å². The number of hydrogen-bond acceptors (Lipinski definition) is 2. The van der Waals surface area contributed by atoms with Crippen molar-refractivity contribution in [3.8, 4) is 67.5 Å². The van der Waals surface area contributed by atoms with Gasteiger partial charge in [-0.25, -0.2) is 9.97 Å². The molecule has 0 saturated carbocycles. The molecule has 0 amide bonds. The molecular weight excluding hydrogens is 753 g/mol. The molecule has 3 aromatic heterocycles. The third-order valence-corrected chi connectivity index (χ3v) is 12.2. The van der Waals surface area contributed by atoms with Crippen molar-refractivity contribution in [3.63, 3.8) is 0 Å². The molecule has 0 unspecified atom stereocenters. The van der Waals surface area contributed by atoms with Gasteiger partial charge in [0.1, 0.15) is 0 Å². The van der Waals surface area contributed by atoms with Crippen molar-refractivity contribution in [2.75, 3.05) is 0 Å². The van der Waals surface area contributed by atoms with Crippen LogP contribution >= 0.6 is 0 Å². The second-order valence-corrected chi connectivity index (χ2v) is 15.8. The van der Waals surface area contributed by atoms with E-state index in [0.29, 0.717) is 5.95 Å². The van der Waals surface area contributed by atoms with E-state index in [9.17, 15) is 0 Å². The van der Waals surface area contributed by atoms with Crippen LogP contribution in [0.5, 0.6) is 0 Å². The van der Waals surface area contributed by atoms with E-state index < -0.39 is 0 Å². The van der Waals surface area contributed by atoms with Crippen molar-refractivity contribution in [1.82, 2.24) is 19.1 Å². The van der Waals surface area contributed by atoms with Crippen LogP contribution in [0.2, 0.25) is 0 Å². The zero-order valence-electron chi connectivity index (χ0n) is 33.7. The Labute approximate surface area is 359 Å². The first kappa shape index (κ1) is 35.6. The van der Waals surface area contributed by atoms with Gasteiger partial charge in [0.25, 0.3) is 0 Å². The average Bonchev–Trinajstić information content (AvgIpc) is 3.87. The quantitative estimate of drug-likeness (QED) is 0.161. The lowest BCUT2D eigenvalue weighted by Gasteiger charge is -2.13. The molecule has 0 fully saturated rings. The van der Waals surface area contributed by atoms with Gasteiger partial charge in [0, 0.05) is 38.4 Å². The summed E-state index contributed by atoms with van der Waals surface area (Å²) in [4.78, 5) is 10.7. The number of benzene rings is 9. The second kappa shape index (κ2) is 14.7. The number of para-hydroxylation sites is 3. The van der Waals surface area contributed by atoms with Crippen molar-refractivity contribution < 1.29 is 0 Å². The van der Waals surface area contributed by atoms with Gasteiger partial charge in [-0.1, -0.05) is 176 Å². The van der Waals surface area contributed by atoms with Gasteiger partial charge in [0.05, 0.1) is 33.5 Å². The summed E-state index contributed by atoms with van der Waals surface area (Å²) in [6.45, 7) is 0. The molecule has 4 nitrogen and oxygen atoms in total. The highest BCUT2D eigenvalue weighted by Crippen LogP contribution is 2.39. The van der Waals surface area contributed by atoms with Crippen LogP contribution in [-0.4, -0.2) is 19.1 Å². The van der Waals surface area contributed by atoms with Crippen LogP contribution in [0.15, 0.2) is 231 Å². The van der Waals surface area contributed by atoms with E-state index in [1.165, 1.54) is 49.6 Å². The molecule has 0 spiro atoms. The summed E-state index contributed by atoms with van der Waals surface area (Å²) in [5.41, 5.74) is 16.5. The Kier molecular flexibility index (Phi) is 8.46. The Morgan fingerprint density at radius 3 is 1.10 bits per heavy atom. The van der Waals surface area contributed by atoms with Gasteiger partial charge >= 0.3 is 0 Å². The fourth-order valence-electron chi connectivity index (χ4n) is 9.13. The van der Waals surface area contributed by atoms with Gasteiger partial charge in [0.15, 0.2) is 0 Å². The van der Waals surface area contributed by atoms with Gasteiger partial charge in [-0.2, -0.15) is 0 Å². The Balaban J connectivity index is 1.01. The lowest BCUT2D eigenvalue weighted by molar-refractivity contribution is 0.995. The molecule has 0 aliphatic heterocycles. The van der Waals surface area contributed by atoms with Crippen LogP contribution in [0, 0.1) is 0 Å². The third kappa shape index (κ3) is 6.08. The average molecular weight is 791 g/mol. The summed E-state index contributed by atoms with van der Waals surface area (Å²) >= 11 is 0. The zero-order chi connectivity index (χ0) is 41.0. The monoisotopic (exact) mass is 790 g/mol. The Morgan fingerprint density at radius 2 is 0.597 bits per heavy atom. The fourth-order valence-corrected chi connectivity index (χ4v) is 9.13. The van der Waals surface area contributed by atoms with E-state index in [2.05, 4.69) is 240 Å². The molecule has 12 aromatic rings. The van der Waals surface area contributed by atoms with Gasteiger partial charge in [-0.15, -0.1) is 0 Å². The van der Waals surface area contributed by atoms with E-state index in [4.69, 9.17) is 9.97 Å². The molecule has 0 radical (unpaired) electrons. The molecule has 0 atom stereocenters. The van der Waals surface area contributed by atoms with Crippen LogP contribution < -0.4 is 0 Å². The molecule has 4 heteroatoms. The summed E-state index contributed by atoms with van der Waals surface area (Å²) in [6.07, 6.45) is 0. The molecule has 62 heavy (non-hydrogen) atoms. The molecule has 0 saturated heterocycles. The molecule has 0 aliphatic rings. The van der Waals surface area contributed by atoms with Crippen molar-refractivity contribution >= 4 is 43.6 Å². The first-order valence-electron chi connectivity index (χ1n) is 21.1. The van der Waals surface area contributed by atoms with E-state index in [1.807, 2.05) is 0 Å². The zero-order valence-corrected chi connectivity index (χ0v) is 33.7. The minimum absolute atomic E-state index is 0.630. The molecule has 12 rings (SSSR count). The van der Waals surface area contributed by atoms with Crippen molar-refractivity contribution in [2.24, 2.45) is 0 Å². The third-order valence-electron chi connectivity index (χ3n) is 12.2. The van der Waals surface area contributed by atoms with E-state index >= 15 is 0 Å². The Bertz CT molecular complexity index is 3490. The molecule has 3 heterocycles. The fraction of sp³-hybridized carbons (Fsp3) is 0. The normalized spacial score (nSPS) is 11.5. The molecule has 0 bridgehead atoms. The Morgan fingerprint density at radius 1 is 0.242 bits per heavy atom. The standard InChI is InChI=1S/C58H38N4/c1-4-14-39(15-5-1)41-24-28-43(29-25-41)52-38-53(44-30-26-42(27-31-44)40-16-6-2-7-17-40)60-58(59-52)62-55-23-13-11-21-49(55)51-37-46(33-35-57(51)62)45-32-34-56-50(36-45)48-20-10-12-22-54(48)61(56)47-18-8-3-9-19-47/h1-38H. The first-order valence-corrected chi connectivity index (χ1v) is 21.1. The number of nitrogens with zero attached hydrogens (tertiary/aromatic N) is 4. The Hall–Kier alpha value is -8.34. The minimum atomic E-state index is 0.630. The topological polar surface area (TPSA) is 35.6 Å². The summed E-state index contributed by atoms with van der Waals surface area (Å²) in [6, 6.07) is 82.1. The van der Waals surface area contributed by atoms with Gasteiger partial charge in [-0.05, 0) is 88.0 Å². The van der Waals surface area contributed by atoms with E-state index in [-0.39, 0.29) is 0 Å². The molecule has 290 valence electrons. The highest BCUT2D eigenvalue weighted by Gasteiger charge is 2.19. The highest BCUT2D eigenvalue weighted by molar-refractivity contribution is 6.12. The molecule has 0 aliphatic carbocycles. The van der Waals surface area contributed by atoms with E-state index in [0.717, 1.165) is 55.6 Å². The number of aromatic nitrogens is 4. The number of hydrogen-bond donors (Lipinski definition) is 0. The second-order valence-electron chi connectivity index (χ2n) is 15.8. The largest absolute Gasteiger partial charge is 0.309 e. The van der Waals surface area contributed by atoms with Crippen molar-refractivity contribution in [3.05, 3.63) is 231 Å². The first-order chi connectivity index (χ1) is 30.7. The summed E-state index contributed by atoms with van der Waals surface area (Å²) < 4.78 is 4.59. The van der Waals surface area contributed by atoms with Gasteiger partial charge in [-0.3, -0.25) is 4.57 Å². The predicted molar refractivity (Wildman–Crippen MR) is 258 cm³/mol. The smallest absolute Gasteiger partial charge is 0.235 e. The van der Waals surface area contributed by atoms with Gasteiger partial charge < -0.3 is 4.57 Å². The summed E-state index contributed by atoms with van der Waals surface area (Å²) in [5.74, 6) is 0.630. The maximum Gasteiger partial charge on any atom is 0.235 e. The predicted octanol–water partition coefficient (Wildman–Crippen LogP) is 15.0. The lowest BCUT2D eigenvalue weighted by atomic mass is 10.0. The van der Waals surface area contributed by atoms with Crippen molar-refractivity contribution in [2.45, 2.75) is 0 Å². The highest BCUT2D eigenvalue weighted by atomic mass is 15.2. The number of rotatable bonds is 7. The summed E-state index contributed by atoms with van der Waals surface area (Å²) in [7, 11) is 0. The van der Waals surface area contributed by atoms with Crippen LogP contribution in [0.25, 0.3) is 111 Å². The molecule has 9 aromatic carbocycles. The SMILES string of the molecule is c1ccc(-c2ccc(-c3cc(-c4ccc(-c5ccccc5)cc4)nc(-n4c5ccccc5c5cc(-c6ccc7c(c6)c6ccccc6n7-c6ccccc6)ccc54)n3)cc2)cc1. The maximum atomic E-state index is 5.36. The molecule has 0 N–H and O–H groups in total. The van der Waals surface area contributed by atoms with Gasteiger partial charge in [0.2, 0.25) is 5.95 Å². The lowest BCUT2D eigenvalue weighted by Crippen LogP contribution is -2.04. The molecular formula is C58H38N4.